The third-order valence-electron chi connectivity index (χ3n) is 3.04. The minimum absolute atomic E-state index is 0.655. The molecule has 1 unspecified atom stereocenters. The number of halogens is 1. The molecule has 0 aromatic rings. The normalized spacial score (nSPS) is 17.0. The predicted molar refractivity (Wildman–Crippen MR) is 79.5 cm³/mol. The predicted octanol–water partition coefficient (Wildman–Crippen LogP) is -1.27. The molecule has 0 aliphatic carbocycles. The molecule has 0 aromatic carbocycles. The minimum atomic E-state index is -5.22. The van der Waals surface area contributed by atoms with E-state index in [1.807, 2.05) is 5.32 Å². The fourth-order valence-corrected chi connectivity index (χ4v) is 3.01. The van der Waals surface area contributed by atoms with Crippen LogP contribution in [0.5, 0.6) is 0 Å². The highest BCUT2D eigenvalue weighted by Crippen LogP contribution is 2.19. The van der Waals surface area contributed by atoms with Crippen LogP contribution >= 0.6 is 0 Å². The van der Waals surface area contributed by atoms with Gasteiger partial charge in [0.05, 0.1) is 6.04 Å². The Bertz CT molecular complexity index is 563. The lowest BCUT2D eigenvalue weighted by molar-refractivity contribution is -0.142. The van der Waals surface area contributed by atoms with Crippen LogP contribution in [0.2, 0.25) is 0 Å². The number of carbonyl (C=O) groups excluding carboxylic acids is 2. The SMILES string of the molecule is CC(C)C([C@H](NC(=O)[C@H](C)NC(=O)[C@H](C)N)C(=O)O)S(=O)(=O)F. The van der Waals surface area contributed by atoms with Crippen molar-refractivity contribution in [2.75, 3.05) is 0 Å². The van der Waals surface area contributed by atoms with Gasteiger partial charge < -0.3 is 21.5 Å². The maximum Gasteiger partial charge on any atom is 0.327 e. The molecule has 0 fully saturated rings. The lowest BCUT2D eigenvalue weighted by Gasteiger charge is -2.26. The molecule has 0 saturated heterocycles. The second-order valence-corrected chi connectivity index (χ2v) is 7.02. The molecule has 0 saturated carbocycles. The zero-order valence-corrected chi connectivity index (χ0v) is 14.1. The first-order chi connectivity index (χ1) is 10.3. The van der Waals surface area contributed by atoms with Crippen LogP contribution in [0.3, 0.4) is 0 Å². The van der Waals surface area contributed by atoms with E-state index in [2.05, 4.69) is 5.32 Å². The second-order valence-electron chi connectivity index (χ2n) is 5.53. The van der Waals surface area contributed by atoms with Crippen LogP contribution in [-0.4, -0.2) is 54.7 Å². The van der Waals surface area contributed by atoms with Gasteiger partial charge in [0, 0.05) is 0 Å². The van der Waals surface area contributed by atoms with E-state index in [0.717, 1.165) is 0 Å². The van der Waals surface area contributed by atoms with Crippen molar-refractivity contribution < 1.29 is 31.8 Å². The smallest absolute Gasteiger partial charge is 0.327 e. The molecule has 0 aliphatic heterocycles. The molecule has 5 N–H and O–H groups in total. The Kier molecular flexibility index (Phi) is 7.58. The van der Waals surface area contributed by atoms with Crippen molar-refractivity contribution in [1.29, 1.82) is 0 Å². The van der Waals surface area contributed by atoms with Crippen LogP contribution in [0, 0.1) is 5.92 Å². The highest BCUT2D eigenvalue weighted by Gasteiger charge is 2.42. The largest absolute Gasteiger partial charge is 0.480 e. The van der Waals surface area contributed by atoms with Crippen molar-refractivity contribution in [3.63, 3.8) is 0 Å². The molecule has 0 spiro atoms. The molecule has 0 bridgehead atoms. The molecule has 0 rings (SSSR count). The van der Waals surface area contributed by atoms with Gasteiger partial charge in [0.1, 0.15) is 17.3 Å². The molecule has 2 amide bonds. The van der Waals surface area contributed by atoms with Crippen LogP contribution in [-0.2, 0) is 24.6 Å². The highest BCUT2D eigenvalue weighted by atomic mass is 32.3. The van der Waals surface area contributed by atoms with Gasteiger partial charge >= 0.3 is 16.2 Å². The standard InChI is InChI=1S/C12H22FN3O6S/c1-5(2)9(23(13,21)22)8(12(19)20)16-11(18)7(4)15-10(17)6(3)14/h5-9H,14H2,1-4H3,(H,15,17)(H,16,18)(H,19,20)/t6-,7-,8-,9?/m0/s1. The van der Waals surface area contributed by atoms with Crippen LogP contribution in [0.1, 0.15) is 27.7 Å². The average Bonchev–Trinajstić information content (AvgIpc) is 2.34. The second kappa shape index (κ2) is 8.20. The summed E-state index contributed by atoms with van der Waals surface area (Å²) < 4.78 is 35.7. The quantitative estimate of drug-likeness (QED) is 0.396. The zero-order valence-electron chi connectivity index (χ0n) is 13.2. The van der Waals surface area contributed by atoms with Gasteiger partial charge in [0.25, 0.3) is 0 Å². The number of hydrogen-bond acceptors (Lipinski definition) is 6. The number of nitrogens with two attached hydrogens (primary N) is 1. The molecule has 4 atom stereocenters. The number of hydrogen-bond donors (Lipinski definition) is 4. The summed E-state index contributed by atoms with van der Waals surface area (Å²) in [5.41, 5.74) is 5.31. The van der Waals surface area contributed by atoms with E-state index >= 15 is 0 Å². The summed E-state index contributed by atoms with van der Waals surface area (Å²) in [4.78, 5) is 34.5. The summed E-state index contributed by atoms with van der Waals surface area (Å²) in [6.45, 7) is 5.25. The van der Waals surface area contributed by atoms with E-state index in [0.29, 0.717) is 0 Å². The van der Waals surface area contributed by atoms with E-state index in [1.54, 1.807) is 0 Å². The van der Waals surface area contributed by atoms with E-state index in [9.17, 15) is 26.7 Å². The van der Waals surface area contributed by atoms with Crippen molar-refractivity contribution in [2.45, 2.75) is 51.1 Å². The number of amides is 2. The van der Waals surface area contributed by atoms with Gasteiger partial charge in [-0.25, -0.2) is 4.79 Å². The Morgan fingerprint density at radius 3 is 1.83 bits per heavy atom. The number of carbonyl (C=O) groups is 3. The molecular weight excluding hydrogens is 333 g/mol. The summed E-state index contributed by atoms with van der Waals surface area (Å²) >= 11 is 0. The van der Waals surface area contributed by atoms with E-state index < -0.39 is 57.3 Å². The van der Waals surface area contributed by atoms with Crippen LogP contribution in [0.25, 0.3) is 0 Å². The average molecular weight is 355 g/mol. The number of aliphatic carboxylic acids is 1. The van der Waals surface area contributed by atoms with Crippen LogP contribution in [0.4, 0.5) is 3.89 Å². The van der Waals surface area contributed by atoms with E-state index in [-0.39, 0.29) is 0 Å². The Morgan fingerprint density at radius 1 is 1.04 bits per heavy atom. The maximum atomic E-state index is 13.4. The van der Waals surface area contributed by atoms with Crippen molar-refractivity contribution in [2.24, 2.45) is 11.7 Å². The first-order valence-corrected chi connectivity index (χ1v) is 8.26. The topological polar surface area (TPSA) is 156 Å². The number of rotatable bonds is 8. The third-order valence-corrected chi connectivity index (χ3v) is 4.51. The zero-order chi connectivity index (χ0) is 18.5. The van der Waals surface area contributed by atoms with Gasteiger partial charge in [-0.3, -0.25) is 9.59 Å². The molecule has 23 heavy (non-hydrogen) atoms. The molecule has 0 aliphatic rings. The lowest BCUT2D eigenvalue weighted by Crippen LogP contribution is -2.57. The number of carboxylic acids is 1. The molecule has 0 radical (unpaired) electrons. The molecule has 9 nitrogen and oxygen atoms in total. The van der Waals surface area contributed by atoms with Crippen molar-refractivity contribution >= 4 is 28.0 Å². The van der Waals surface area contributed by atoms with Gasteiger partial charge in [-0.1, -0.05) is 13.8 Å². The van der Waals surface area contributed by atoms with Gasteiger partial charge in [-0.15, -0.1) is 3.89 Å². The Morgan fingerprint density at radius 2 is 1.52 bits per heavy atom. The maximum absolute atomic E-state index is 13.4. The summed E-state index contributed by atoms with van der Waals surface area (Å²) in [7, 11) is -5.22. The Labute approximate surface area is 134 Å². The van der Waals surface area contributed by atoms with Crippen molar-refractivity contribution in [1.82, 2.24) is 10.6 Å². The van der Waals surface area contributed by atoms with E-state index in [4.69, 9.17) is 10.8 Å². The molecular formula is C12H22FN3O6S. The summed E-state index contributed by atoms with van der Waals surface area (Å²) in [5, 5.41) is 11.3. The van der Waals surface area contributed by atoms with Gasteiger partial charge in [0.2, 0.25) is 11.8 Å². The van der Waals surface area contributed by atoms with Crippen LogP contribution < -0.4 is 16.4 Å². The first kappa shape index (κ1) is 21.2. The molecule has 0 heterocycles. The summed E-state index contributed by atoms with van der Waals surface area (Å²) in [5.74, 6) is -4.23. The van der Waals surface area contributed by atoms with Crippen molar-refractivity contribution in [3.8, 4) is 0 Å². The minimum Gasteiger partial charge on any atom is -0.480 e. The van der Waals surface area contributed by atoms with Crippen molar-refractivity contribution in [3.05, 3.63) is 0 Å². The molecule has 134 valence electrons. The molecule has 0 aromatic heterocycles. The first-order valence-electron chi connectivity index (χ1n) is 6.81. The fraction of sp³-hybridized carbons (Fsp3) is 0.750. The Balaban J connectivity index is 5.26. The number of carboxylic acid groups (broad SMARTS) is 1. The highest BCUT2D eigenvalue weighted by molar-refractivity contribution is 7.87. The summed E-state index contributed by atoms with van der Waals surface area (Å²) in [6, 6.07) is -4.06. The fourth-order valence-electron chi connectivity index (χ4n) is 1.85. The van der Waals surface area contributed by atoms with Gasteiger partial charge in [-0.05, 0) is 19.8 Å². The van der Waals surface area contributed by atoms with Crippen LogP contribution in [0.15, 0.2) is 0 Å². The monoisotopic (exact) mass is 355 g/mol. The lowest BCUT2D eigenvalue weighted by atomic mass is 10.0. The van der Waals surface area contributed by atoms with Gasteiger partial charge in [-0.2, -0.15) is 8.42 Å². The number of nitrogens with one attached hydrogen (secondary N) is 2. The van der Waals surface area contributed by atoms with E-state index in [1.165, 1.54) is 27.7 Å². The van der Waals surface area contributed by atoms with Gasteiger partial charge in [0.15, 0.2) is 0 Å². The summed E-state index contributed by atoms with van der Waals surface area (Å²) in [6.07, 6.45) is 0. The third kappa shape index (κ3) is 6.48. The Hall–Kier alpha value is -1.75. The molecule has 11 heteroatoms.